The molecule has 1 rings (SSSR count). The first kappa shape index (κ1) is 14.6. The van der Waals surface area contributed by atoms with Gasteiger partial charge in [0.2, 0.25) is 5.88 Å². The lowest BCUT2D eigenvalue weighted by atomic mass is 10.2. The Balaban J connectivity index is 3.39. The Morgan fingerprint density at radius 1 is 1.56 bits per heavy atom. The van der Waals surface area contributed by atoms with Gasteiger partial charge in [0.05, 0.1) is 12.8 Å². The first-order valence-corrected chi connectivity index (χ1v) is 5.53. The van der Waals surface area contributed by atoms with Crippen LogP contribution < -0.4 is 9.47 Å². The van der Waals surface area contributed by atoms with Crippen LogP contribution >= 0.6 is 15.9 Å². The molecule has 0 saturated carbocycles. The monoisotopic (exact) mass is 329 g/mol. The van der Waals surface area contributed by atoms with E-state index in [2.05, 4.69) is 30.4 Å². The molecule has 0 radical (unpaired) electrons. The molecule has 100 valence electrons. The van der Waals surface area contributed by atoms with Crippen LogP contribution in [0.2, 0.25) is 0 Å². The van der Waals surface area contributed by atoms with Crippen molar-refractivity contribution in [1.29, 1.82) is 0 Å². The van der Waals surface area contributed by atoms with Crippen molar-refractivity contribution in [2.75, 3.05) is 7.11 Å². The average molecular weight is 330 g/mol. The van der Waals surface area contributed by atoms with E-state index in [0.29, 0.717) is 0 Å². The molecule has 0 bridgehead atoms. The first-order chi connectivity index (χ1) is 8.28. The fourth-order valence-corrected chi connectivity index (χ4v) is 1.59. The van der Waals surface area contributed by atoms with Gasteiger partial charge in [-0.15, -0.1) is 13.2 Å². The number of ether oxygens (including phenoxy) is 2. The fraction of sp³-hybridized carbons (Fsp3) is 0.333. The van der Waals surface area contributed by atoms with Crippen molar-refractivity contribution in [3.63, 3.8) is 0 Å². The molecular formula is C9H7BrF3NO4. The van der Waals surface area contributed by atoms with Crippen LogP contribution in [0.15, 0.2) is 6.07 Å². The van der Waals surface area contributed by atoms with Gasteiger partial charge in [0.1, 0.15) is 5.56 Å². The predicted molar refractivity (Wildman–Crippen MR) is 57.1 cm³/mol. The van der Waals surface area contributed by atoms with Crippen molar-refractivity contribution in [1.82, 2.24) is 4.98 Å². The second kappa shape index (κ2) is 5.42. The van der Waals surface area contributed by atoms with Crippen LogP contribution in [0.4, 0.5) is 13.2 Å². The standard InChI is InChI=1S/C9H7BrF3NO4/c1-17-6-2-5(18-9(11,12)13)7(8(15)16)4(3-10)14-6/h2H,3H2,1H3,(H,15,16). The van der Waals surface area contributed by atoms with Crippen LogP contribution in [0.5, 0.6) is 11.6 Å². The number of carboxylic acid groups (broad SMARTS) is 1. The van der Waals surface area contributed by atoms with Gasteiger partial charge in [0.25, 0.3) is 0 Å². The van der Waals surface area contributed by atoms with Crippen molar-refractivity contribution in [3.8, 4) is 11.6 Å². The lowest BCUT2D eigenvalue weighted by Crippen LogP contribution is -2.20. The summed E-state index contributed by atoms with van der Waals surface area (Å²) in [5.41, 5.74) is -0.786. The van der Waals surface area contributed by atoms with E-state index in [1.807, 2.05) is 0 Å². The fourth-order valence-electron chi connectivity index (χ4n) is 1.18. The van der Waals surface area contributed by atoms with Crippen molar-refractivity contribution < 1.29 is 32.5 Å². The maximum Gasteiger partial charge on any atom is 0.573 e. The average Bonchev–Trinajstić information content (AvgIpc) is 2.25. The molecule has 0 aromatic carbocycles. The van der Waals surface area contributed by atoms with Gasteiger partial charge < -0.3 is 14.6 Å². The van der Waals surface area contributed by atoms with Gasteiger partial charge in [0, 0.05) is 11.4 Å². The molecule has 1 aromatic heterocycles. The van der Waals surface area contributed by atoms with Gasteiger partial charge in [-0.05, 0) is 0 Å². The summed E-state index contributed by atoms with van der Waals surface area (Å²) >= 11 is 2.94. The van der Waals surface area contributed by atoms with Crippen molar-refractivity contribution in [2.24, 2.45) is 0 Å². The van der Waals surface area contributed by atoms with Gasteiger partial charge in [-0.3, -0.25) is 0 Å². The number of methoxy groups -OCH3 is 1. The minimum absolute atomic E-state index is 0.0555. The lowest BCUT2D eigenvalue weighted by molar-refractivity contribution is -0.274. The number of halogens is 4. The highest BCUT2D eigenvalue weighted by atomic mass is 79.9. The third-order valence-electron chi connectivity index (χ3n) is 1.81. The molecule has 0 amide bonds. The summed E-state index contributed by atoms with van der Waals surface area (Å²) in [5.74, 6) is -2.61. The van der Waals surface area contributed by atoms with Crippen LogP contribution in [0.25, 0.3) is 0 Å². The van der Waals surface area contributed by atoms with E-state index in [-0.39, 0.29) is 16.9 Å². The minimum atomic E-state index is -5.00. The zero-order valence-electron chi connectivity index (χ0n) is 8.92. The van der Waals surface area contributed by atoms with Crippen LogP contribution in [-0.4, -0.2) is 29.5 Å². The molecule has 1 aromatic rings. The molecule has 0 fully saturated rings. The van der Waals surface area contributed by atoms with E-state index < -0.39 is 23.6 Å². The molecular weight excluding hydrogens is 323 g/mol. The largest absolute Gasteiger partial charge is 0.573 e. The summed E-state index contributed by atoms with van der Waals surface area (Å²) in [6, 6.07) is 0.767. The number of aromatic carboxylic acids is 1. The highest BCUT2D eigenvalue weighted by Crippen LogP contribution is 2.31. The molecule has 0 atom stereocenters. The number of nitrogens with zero attached hydrogens (tertiary/aromatic N) is 1. The maximum atomic E-state index is 12.2. The van der Waals surface area contributed by atoms with Crippen LogP contribution in [0.3, 0.4) is 0 Å². The molecule has 1 heterocycles. The topological polar surface area (TPSA) is 68.7 Å². The van der Waals surface area contributed by atoms with Gasteiger partial charge in [-0.2, -0.15) is 0 Å². The Morgan fingerprint density at radius 3 is 2.56 bits per heavy atom. The van der Waals surface area contributed by atoms with Crippen molar-refractivity contribution in [2.45, 2.75) is 11.7 Å². The molecule has 0 unspecified atom stereocenters. The normalized spacial score (nSPS) is 11.2. The van der Waals surface area contributed by atoms with Gasteiger partial charge in [-0.25, -0.2) is 9.78 Å². The second-order valence-electron chi connectivity index (χ2n) is 2.97. The zero-order chi connectivity index (χ0) is 13.9. The van der Waals surface area contributed by atoms with Gasteiger partial charge in [0.15, 0.2) is 5.75 Å². The van der Waals surface area contributed by atoms with Crippen molar-refractivity contribution >= 4 is 21.9 Å². The van der Waals surface area contributed by atoms with Crippen LogP contribution in [0.1, 0.15) is 16.1 Å². The Labute approximate surface area is 108 Å². The molecule has 0 aliphatic heterocycles. The van der Waals surface area contributed by atoms with E-state index in [9.17, 15) is 18.0 Å². The molecule has 5 nitrogen and oxygen atoms in total. The molecule has 0 spiro atoms. The molecule has 0 aliphatic carbocycles. The van der Waals surface area contributed by atoms with Crippen LogP contribution in [0, 0.1) is 0 Å². The minimum Gasteiger partial charge on any atom is -0.481 e. The Kier molecular flexibility index (Phi) is 4.38. The number of carboxylic acids is 1. The quantitative estimate of drug-likeness (QED) is 0.860. The molecule has 18 heavy (non-hydrogen) atoms. The molecule has 0 aliphatic rings. The molecule has 0 saturated heterocycles. The van der Waals surface area contributed by atoms with E-state index >= 15 is 0 Å². The Hall–Kier alpha value is -1.51. The number of rotatable bonds is 4. The van der Waals surface area contributed by atoms with E-state index in [4.69, 9.17) is 5.11 Å². The third-order valence-corrected chi connectivity index (χ3v) is 2.34. The predicted octanol–water partition coefficient (Wildman–Crippen LogP) is 2.58. The maximum absolute atomic E-state index is 12.2. The number of pyridine rings is 1. The Morgan fingerprint density at radius 2 is 2.17 bits per heavy atom. The summed E-state index contributed by atoms with van der Waals surface area (Å²) in [7, 11) is 1.19. The van der Waals surface area contributed by atoms with Crippen molar-refractivity contribution in [3.05, 3.63) is 17.3 Å². The molecule has 1 N–H and O–H groups in total. The zero-order valence-corrected chi connectivity index (χ0v) is 10.5. The first-order valence-electron chi connectivity index (χ1n) is 4.41. The summed E-state index contributed by atoms with van der Waals surface area (Å²) in [6.07, 6.45) is -5.00. The molecule has 9 heteroatoms. The number of hydrogen-bond donors (Lipinski definition) is 1. The highest BCUT2D eigenvalue weighted by molar-refractivity contribution is 9.08. The highest BCUT2D eigenvalue weighted by Gasteiger charge is 2.34. The summed E-state index contributed by atoms with van der Waals surface area (Å²) in [4.78, 5) is 14.7. The summed E-state index contributed by atoms with van der Waals surface area (Å²) in [5, 5.41) is 8.83. The lowest BCUT2D eigenvalue weighted by Gasteiger charge is -2.14. The SMILES string of the molecule is COc1cc(OC(F)(F)F)c(C(=O)O)c(CBr)n1. The smallest absolute Gasteiger partial charge is 0.481 e. The number of alkyl halides is 4. The van der Waals surface area contributed by atoms with Gasteiger partial charge in [-0.1, -0.05) is 15.9 Å². The van der Waals surface area contributed by atoms with E-state index in [0.717, 1.165) is 6.07 Å². The van der Waals surface area contributed by atoms with Gasteiger partial charge >= 0.3 is 12.3 Å². The summed E-state index contributed by atoms with van der Waals surface area (Å²) in [6.45, 7) is 0. The van der Waals surface area contributed by atoms with E-state index in [1.54, 1.807) is 0 Å². The number of aromatic nitrogens is 1. The Bertz CT molecular complexity index is 464. The number of hydrogen-bond acceptors (Lipinski definition) is 4. The second-order valence-corrected chi connectivity index (χ2v) is 3.53. The summed E-state index contributed by atoms with van der Waals surface area (Å²) < 4.78 is 44.8. The number of carbonyl (C=O) groups is 1. The van der Waals surface area contributed by atoms with Crippen LogP contribution in [-0.2, 0) is 5.33 Å². The third kappa shape index (κ3) is 3.49. The van der Waals surface area contributed by atoms with E-state index in [1.165, 1.54) is 7.11 Å².